The van der Waals surface area contributed by atoms with Crippen LogP contribution in [0, 0.1) is 0 Å². The van der Waals surface area contributed by atoms with Crippen molar-refractivity contribution >= 4 is 17.8 Å². The molecule has 0 saturated heterocycles. The van der Waals surface area contributed by atoms with E-state index in [9.17, 15) is 14.4 Å². The molecule has 0 bridgehead atoms. The number of rotatable bonds is 9. The van der Waals surface area contributed by atoms with E-state index < -0.39 is 18.5 Å². The maximum absolute atomic E-state index is 12.3. The van der Waals surface area contributed by atoms with Crippen molar-refractivity contribution in [3.63, 3.8) is 0 Å². The summed E-state index contributed by atoms with van der Waals surface area (Å²) < 4.78 is 20.7. The van der Waals surface area contributed by atoms with Gasteiger partial charge in [0.15, 0.2) is 18.1 Å². The van der Waals surface area contributed by atoms with E-state index in [0.29, 0.717) is 5.75 Å². The Morgan fingerprint density at radius 1 is 1.07 bits per heavy atom. The number of ether oxygens (including phenoxy) is 4. The Kier molecular flexibility index (Phi) is 6.86. The van der Waals surface area contributed by atoms with Gasteiger partial charge in [0.2, 0.25) is 11.7 Å². The SMILES string of the molecule is COc1ccc(C(=O)OCC(=O)N(C)CC(=O)NC2CC2)c(OC)c1OC. The van der Waals surface area contributed by atoms with Crippen LogP contribution in [0.3, 0.4) is 0 Å². The predicted molar refractivity (Wildman–Crippen MR) is 95.2 cm³/mol. The monoisotopic (exact) mass is 380 g/mol. The van der Waals surface area contributed by atoms with Crippen molar-refractivity contribution in [2.75, 3.05) is 41.5 Å². The molecule has 9 heteroatoms. The number of esters is 1. The highest BCUT2D eigenvalue weighted by atomic mass is 16.5. The minimum Gasteiger partial charge on any atom is -0.493 e. The van der Waals surface area contributed by atoms with Crippen LogP contribution in [0.1, 0.15) is 23.2 Å². The number of carbonyl (C=O) groups excluding carboxylic acids is 3. The Labute approximate surface area is 157 Å². The summed E-state index contributed by atoms with van der Waals surface area (Å²) in [6.07, 6.45) is 1.93. The smallest absolute Gasteiger partial charge is 0.342 e. The second kappa shape index (κ2) is 9.11. The summed E-state index contributed by atoms with van der Waals surface area (Å²) in [5.74, 6) is -0.698. The third-order valence-electron chi connectivity index (χ3n) is 4.00. The lowest BCUT2D eigenvalue weighted by Gasteiger charge is -2.17. The fourth-order valence-electron chi connectivity index (χ4n) is 2.38. The Morgan fingerprint density at radius 2 is 1.74 bits per heavy atom. The lowest BCUT2D eigenvalue weighted by atomic mass is 10.1. The largest absolute Gasteiger partial charge is 0.493 e. The molecule has 9 nitrogen and oxygen atoms in total. The standard InChI is InChI=1S/C18H24N2O7/c1-20(9-14(21)19-11-5-6-11)15(22)10-27-18(23)12-7-8-13(24-2)17(26-4)16(12)25-3/h7-8,11H,5-6,9-10H2,1-4H3,(H,19,21). The van der Waals surface area contributed by atoms with E-state index in [4.69, 9.17) is 18.9 Å². The average molecular weight is 380 g/mol. The van der Waals surface area contributed by atoms with Gasteiger partial charge in [0, 0.05) is 13.1 Å². The average Bonchev–Trinajstić information content (AvgIpc) is 3.47. The van der Waals surface area contributed by atoms with Crippen LogP contribution in [0.2, 0.25) is 0 Å². The third-order valence-corrected chi connectivity index (χ3v) is 4.00. The molecule has 1 aromatic carbocycles. The van der Waals surface area contributed by atoms with E-state index in [0.717, 1.165) is 12.8 Å². The van der Waals surface area contributed by atoms with Crippen molar-refractivity contribution in [3.8, 4) is 17.2 Å². The Bertz CT molecular complexity index is 716. The molecular formula is C18H24N2O7. The Hall–Kier alpha value is -2.97. The number of nitrogens with one attached hydrogen (secondary N) is 1. The molecule has 1 aliphatic carbocycles. The molecule has 0 radical (unpaired) electrons. The zero-order valence-electron chi connectivity index (χ0n) is 15.9. The van der Waals surface area contributed by atoms with Crippen LogP contribution < -0.4 is 19.5 Å². The number of likely N-dealkylation sites (N-methyl/N-ethyl adjacent to an activating group) is 1. The zero-order valence-corrected chi connectivity index (χ0v) is 15.9. The van der Waals surface area contributed by atoms with Gasteiger partial charge in [-0.25, -0.2) is 4.79 Å². The van der Waals surface area contributed by atoms with E-state index in [1.54, 1.807) is 0 Å². The molecule has 0 unspecified atom stereocenters. The molecule has 0 atom stereocenters. The van der Waals surface area contributed by atoms with Crippen LogP contribution in [0.4, 0.5) is 0 Å². The van der Waals surface area contributed by atoms with Gasteiger partial charge in [-0.15, -0.1) is 0 Å². The van der Waals surface area contributed by atoms with Gasteiger partial charge in [0.1, 0.15) is 5.56 Å². The number of methoxy groups -OCH3 is 3. The highest BCUT2D eigenvalue weighted by Gasteiger charge is 2.25. The number of benzene rings is 1. The summed E-state index contributed by atoms with van der Waals surface area (Å²) in [5, 5.41) is 2.79. The van der Waals surface area contributed by atoms with Crippen molar-refractivity contribution in [2.45, 2.75) is 18.9 Å². The van der Waals surface area contributed by atoms with Gasteiger partial charge in [0.25, 0.3) is 5.91 Å². The molecule has 148 valence electrons. The van der Waals surface area contributed by atoms with E-state index in [1.807, 2.05) is 0 Å². The van der Waals surface area contributed by atoms with Crippen molar-refractivity contribution in [1.29, 1.82) is 0 Å². The number of amides is 2. The molecular weight excluding hydrogens is 356 g/mol. The highest BCUT2D eigenvalue weighted by molar-refractivity contribution is 5.95. The van der Waals surface area contributed by atoms with E-state index in [-0.39, 0.29) is 35.6 Å². The molecule has 2 rings (SSSR count). The number of nitrogens with zero attached hydrogens (tertiary/aromatic N) is 1. The lowest BCUT2D eigenvalue weighted by Crippen LogP contribution is -2.40. The zero-order chi connectivity index (χ0) is 20.0. The summed E-state index contributed by atoms with van der Waals surface area (Å²) in [6.45, 7) is -0.587. The third kappa shape index (κ3) is 5.25. The van der Waals surface area contributed by atoms with Gasteiger partial charge in [-0.3, -0.25) is 9.59 Å². The van der Waals surface area contributed by atoms with Gasteiger partial charge in [-0.05, 0) is 25.0 Å². The minimum absolute atomic E-state index is 0.0907. The molecule has 1 aliphatic rings. The number of hydrogen-bond acceptors (Lipinski definition) is 7. The van der Waals surface area contributed by atoms with Crippen molar-refractivity contribution in [2.24, 2.45) is 0 Å². The van der Waals surface area contributed by atoms with E-state index in [1.165, 1.54) is 45.4 Å². The highest BCUT2D eigenvalue weighted by Crippen LogP contribution is 2.39. The first-order valence-corrected chi connectivity index (χ1v) is 8.40. The molecule has 1 N–H and O–H groups in total. The van der Waals surface area contributed by atoms with Crippen LogP contribution >= 0.6 is 0 Å². The molecule has 0 aliphatic heterocycles. The van der Waals surface area contributed by atoms with Crippen LogP contribution in [-0.4, -0.2) is 70.3 Å². The maximum atomic E-state index is 12.3. The minimum atomic E-state index is -0.753. The van der Waals surface area contributed by atoms with E-state index in [2.05, 4.69) is 5.32 Å². The van der Waals surface area contributed by atoms with Gasteiger partial charge in [0.05, 0.1) is 27.9 Å². The number of hydrogen-bond donors (Lipinski definition) is 1. The number of carbonyl (C=O) groups is 3. The van der Waals surface area contributed by atoms with E-state index >= 15 is 0 Å². The predicted octanol–water partition coefficient (Wildman–Crippen LogP) is 0.606. The van der Waals surface area contributed by atoms with Crippen LogP contribution in [-0.2, 0) is 14.3 Å². The summed E-state index contributed by atoms with van der Waals surface area (Å²) in [6, 6.07) is 3.21. The molecule has 27 heavy (non-hydrogen) atoms. The topological polar surface area (TPSA) is 103 Å². The molecule has 1 fully saturated rings. The Morgan fingerprint density at radius 3 is 2.30 bits per heavy atom. The summed E-state index contributed by atoms with van der Waals surface area (Å²) in [4.78, 5) is 37.4. The summed E-state index contributed by atoms with van der Waals surface area (Å²) in [7, 11) is 5.73. The molecule has 2 amide bonds. The molecule has 1 saturated carbocycles. The fourth-order valence-corrected chi connectivity index (χ4v) is 2.38. The first-order valence-electron chi connectivity index (χ1n) is 8.40. The van der Waals surface area contributed by atoms with Crippen molar-refractivity contribution in [1.82, 2.24) is 10.2 Å². The quantitative estimate of drug-likeness (QED) is 0.626. The van der Waals surface area contributed by atoms with Gasteiger partial charge in [-0.1, -0.05) is 0 Å². The van der Waals surface area contributed by atoms with Gasteiger partial charge in [-0.2, -0.15) is 0 Å². The molecule has 0 aromatic heterocycles. The molecule has 0 heterocycles. The first kappa shape index (κ1) is 20.3. The Balaban J connectivity index is 1.96. The molecule has 0 spiro atoms. The van der Waals surface area contributed by atoms with Crippen LogP contribution in [0.5, 0.6) is 17.2 Å². The maximum Gasteiger partial charge on any atom is 0.342 e. The van der Waals surface area contributed by atoms with Gasteiger partial charge < -0.3 is 29.2 Å². The summed E-state index contributed by atoms with van der Waals surface area (Å²) in [5.41, 5.74) is 0.0945. The molecule has 1 aromatic rings. The van der Waals surface area contributed by atoms with Crippen molar-refractivity contribution in [3.05, 3.63) is 17.7 Å². The second-order valence-electron chi connectivity index (χ2n) is 6.05. The lowest BCUT2D eigenvalue weighted by molar-refractivity contribution is -0.137. The van der Waals surface area contributed by atoms with Gasteiger partial charge >= 0.3 is 5.97 Å². The van der Waals surface area contributed by atoms with Crippen LogP contribution in [0.25, 0.3) is 0 Å². The normalized spacial score (nSPS) is 12.7. The summed E-state index contributed by atoms with van der Waals surface area (Å²) >= 11 is 0. The van der Waals surface area contributed by atoms with Crippen molar-refractivity contribution < 1.29 is 33.3 Å². The second-order valence-corrected chi connectivity index (χ2v) is 6.05. The first-order chi connectivity index (χ1) is 12.9. The fraction of sp³-hybridized carbons (Fsp3) is 0.500. The van der Waals surface area contributed by atoms with Crippen LogP contribution in [0.15, 0.2) is 12.1 Å².